The SMILES string of the molecule is Cc1nc(C(C)C)c(CO)c(-c2ccc(F)cc2)c1C=[N+](O)C#N. The van der Waals surface area contributed by atoms with E-state index in [0.717, 1.165) is 5.69 Å². The highest BCUT2D eigenvalue weighted by molar-refractivity contribution is 5.91. The van der Waals surface area contributed by atoms with Crippen LogP contribution in [0.5, 0.6) is 0 Å². The number of nitriles is 1. The van der Waals surface area contributed by atoms with Gasteiger partial charge in [-0.2, -0.15) is 0 Å². The zero-order chi connectivity index (χ0) is 17.9. The summed E-state index contributed by atoms with van der Waals surface area (Å²) in [6.45, 7) is 5.43. The molecule has 2 rings (SSSR count). The first-order valence-electron chi connectivity index (χ1n) is 7.51. The zero-order valence-electron chi connectivity index (χ0n) is 13.8. The molecule has 0 aliphatic carbocycles. The number of aliphatic hydroxyl groups is 1. The van der Waals surface area contributed by atoms with E-state index in [9.17, 15) is 14.7 Å². The Labute approximate surface area is 139 Å². The second kappa shape index (κ2) is 7.20. The highest BCUT2D eigenvalue weighted by atomic mass is 19.1. The van der Waals surface area contributed by atoms with Crippen LogP contribution in [0.3, 0.4) is 0 Å². The van der Waals surface area contributed by atoms with E-state index in [2.05, 4.69) is 4.98 Å². The highest BCUT2D eigenvalue weighted by Crippen LogP contribution is 2.33. The lowest BCUT2D eigenvalue weighted by molar-refractivity contribution is -0.708. The Balaban J connectivity index is 2.89. The van der Waals surface area contributed by atoms with Gasteiger partial charge < -0.3 is 10.3 Å². The van der Waals surface area contributed by atoms with Gasteiger partial charge in [0.1, 0.15) is 5.82 Å². The van der Waals surface area contributed by atoms with Crippen LogP contribution >= 0.6 is 0 Å². The van der Waals surface area contributed by atoms with Crippen molar-refractivity contribution in [3.63, 3.8) is 0 Å². The molecular formula is C18H19FN3O2+. The monoisotopic (exact) mass is 328 g/mol. The Bertz CT molecular complexity index is 822. The lowest BCUT2D eigenvalue weighted by atomic mass is 9.90. The van der Waals surface area contributed by atoms with Crippen LogP contribution in [0.25, 0.3) is 11.1 Å². The van der Waals surface area contributed by atoms with E-state index in [1.54, 1.807) is 25.2 Å². The summed E-state index contributed by atoms with van der Waals surface area (Å²) in [5.41, 5.74) is 3.73. The lowest BCUT2D eigenvalue weighted by Gasteiger charge is -2.19. The molecular weight excluding hydrogens is 309 g/mol. The summed E-state index contributed by atoms with van der Waals surface area (Å²) in [5, 5.41) is 28.3. The van der Waals surface area contributed by atoms with E-state index in [1.165, 1.54) is 18.3 Å². The maximum absolute atomic E-state index is 13.3. The van der Waals surface area contributed by atoms with Crippen LogP contribution in [-0.2, 0) is 6.61 Å². The molecule has 0 amide bonds. The van der Waals surface area contributed by atoms with Gasteiger partial charge in [-0.05, 0) is 30.5 Å². The fourth-order valence-electron chi connectivity index (χ4n) is 2.67. The molecule has 1 heterocycles. The number of benzene rings is 1. The van der Waals surface area contributed by atoms with E-state index < -0.39 is 0 Å². The molecule has 2 aromatic rings. The summed E-state index contributed by atoms with van der Waals surface area (Å²) >= 11 is 0. The van der Waals surface area contributed by atoms with Crippen LogP contribution in [-0.4, -0.2) is 26.3 Å². The average Bonchev–Trinajstić information content (AvgIpc) is 2.56. The summed E-state index contributed by atoms with van der Waals surface area (Å²) in [7, 11) is 0. The molecule has 0 aliphatic rings. The molecule has 0 saturated carbocycles. The molecule has 124 valence electrons. The van der Waals surface area contributed by atoms with Gasteiger partial charge in [-0.1, -0.05) is 26.0 Å². The molecule has 0 atom stereocenters. The molecule has 0 saturated heterocycles. The van der Waals surface area contributed by atoms with E-state index in [-0.39, 0.29) is 18.3 Å². The maximum Gasteiger partial charge on any atom is 0.501 e. The number of hydrogen-bond acceptors (Lipinski definition) is 4. The van der Waals surface area contributed by atoms with Crippen LogP contribution < -0.4 is 0 Å². The normalized spacial score (nSPS) is 11.6. The van der Waals surface area contributed by atoms with Gasteiger partial charge in [0.05, 0.1) is 6.61 Å². The molecule has 0 aliphatic heterocycles. The first-order valence-corrected chi connectivity index (χ1v) is 7.51. The Kier molecular flexibility index (Phi) is 5.27. The molecule has 0 unspecified atom stereocenters. The van der Waals surface area contributed by atoms with Crippen molar-refractivity contribution in [3.05, 3.63) is 52.6 Å². The predicted octanol–water partition coefficient (Wildman–Crippen LogP) is 3.11. The maximum atomic E-state index is 13.3. The third kappa shape index (κ3) is 3.42. The van der Waals surface area contributed by atoms with Gasteiger partial charge in [0, 0.05) is 32.8 Å². The molecule has 5 nitrogen and oxygen atoms in total. The van der Waals surface area contributed by atoms with Crippen molar-refractivity contribution in [2.45, 2.75) is 33.3 Å². The molecule has 0 radical (unpaired) electrons. The first-order chi connectivity index (χ1) is 11.4. The number of halogens is 1. The molecule has 6 heteroatoms. The summed E-state index contributed by atoms with van der Waals surface area (Å²) in [5.74, 6) is -0.300. The van der Waals surface area contributed by atoms with E-state index >= 15 is 0 Å². The number of pyridine rings is 1. The van der Waals surface area contributed by atoms with Crippen molar-refractivity contribution in [2.75, 3.05) is 0 Å². The number of hydrogen-bond donors (Lipinski definition) is 2. The second-order valence-corrected chi connectivity index (χ2v) is 5.74. The minimum absolute atomic E-state index is 0.0697. The zero-order valence-corrected chi connectivity index (χ0v) is 13.8. The van der Waals surface area contributed by atoms with E-state index in [1.807, 2.05) is 13.8 Å². The molecule has 24 heavy (non-hydrogen) atoms. The van der Waals surface area contributed by atoms with Crippen molar-refractivity contribution in [3.8, 4) is 17.3 Å². The lowest BCUT2D eigenvalue weighted by Crippen LogP contribution is -2.12. The van der Waals surface area contributed by atoms with Crippen molar-refractivity contribution in [1.29, 1.82) is 5.26 Å². The van der Waals surface area contributed by atoms with Crippen molar-refractivity contribution in [2.24, 2.45) is 0 Å². The molecule has 0 fully saturated rings. The average molecular weight is 328 g/mol. The van der Waals surface area contributed by atoms with Gasteiger partial charge in [-0.25, -0.2) is 4.39 Å². The summed E-state index contributed by atoms with van der Waals surface area (Å²) < 4.78 is 13.7. The largest absolute Gasteiger partial charge is 0.501 e. The number of rotatable bonds is 4. The number of hydroxylamine groups is 1. The van der Waals surface area contributed by atoms with Gasteiger partial charge in [0.15, 0.2) is 11.5 Å². The molecule has 0 spiro atoms. The van der Waals surface area contributed by atoms with Crippen molar-refractivity contribution >= 4 is 6.21 Å². The summed E-state index contributed by atoms with van der Waals surface area (Å²) in [4.78, 5) is 4.52. The van der Waals surface area contributed by atoms with Crippen LogP contribution in [0.1, 0.15) is 42.3 Å². The Hall–Kier alpha value is -2.78. The van der Waals surface area contributed by atoms with Gasteiger partial charge in [0.2, 0.25) is 0 Å². The molecule has 2 N–H and O–H groups in total. The first kappa shape index (κ1) is 17.6. The van der Waals surface area contributed by atoms with E-state index in [0.29, 0.717) is 32.7 Å². The van der Waals surface area contributed by atoms with Gasteiger partial charge >= 0.3 is 6.19 Å². The van der Waals surface area contributed by atoms with Crippen LogP contribution in [0.2, 0.25) is 0 Å². The topological polar surface area (TPSA) is 80.2 Å². The standard InChI is InChI=1S/C18H19FN3O2/c1-11(2)18-16(9-23)17(13-4-6-14(19)7-5-13)15(12(3)21-18)8-22(24)10-20/h4-8,11,23-24H,9H2,1-3H3/q+1. The van der Waals surface area contributed by atoms with Crippen molar-refractivity contribution < 1.29 is 19.4 Å². The quantitative estimate of drug-likeness (QED) is 0.226. The number of aromatic nitrogens is 1. The minimum atomic E-state index is -0.370. The van der Waals surface area contributed by atoms with Gasteiger partial charge in [0.25, 0.3) is 0 Å². The molecule has 1 aromatic carbocycles. The number of nitrogens with zero attached hydrogens (tertiary/aromatic N) is 3. The molecule has 1 aromatic heterocycles. The smallest absolute Gasteiger partial charge is 0.392 e. The fourth-order valence-corrected chi connectivity index (χ4v) is 2.67. The Morgan fingerprint density at radius 1 is 1.33 bits per heavy atom. The number of aryl methyl sites for hydroxylation is 1. The van der Waals surface area contributed by atoms with Crippen LogP contribution in [0.15, 0.2) is 24.3 Å². The molecule has 0 bridgehead atoms. The number of aliphatic hydroxyl groups excluding tert-OH is 1. The second-order valence-electron chi connectivity index (χ2n) is 5.74. The summed E-state index contributed by atoms with van der Waals surface area (Å²) in [6, 6.07) is 5.84. The minimum Gasteiger partial charge on any atom is -0.392 e. The third-order valence-electron chi connectivity index (χ3n) is 3.75. The highest BCUT2D eigenvalue weighted by Gasteiger charge is 2.21. The third-order valence-corrected chi connectivity index (χ3v) is 3.75. The van der Waals surface area contributed by atoms with Crippen LogP contribution in [0, 0.1) is 24.2 Å². The van der Waals surface area contributed by atoms with Gasteiger partial charge in [-0.3, -0.25) is 4.98 Å². The van der Waals surface area contributed by atoms with Crippen molar-refractivity contribution in [1.82, 2.24) is 4.98 Å². The van der Waals surface area contributed by atoms with Crippen LogP contribution in [0.4, 0.5) is 4.39 Å². The fraction of sp³-hybridized carbons (Fsp3) is 0.278. The predicted molar refractivity (Wildman–Crippen MR) is 87.2 cm³/mol. The van der Waals surface area contributed by atoms with Gasteiger partial charge in [-0.15, -0.1) is 0 Å². The summed E-state index contributed by atoms with van der Waals surface area (Å²) in [6.07, 6.45) is 2.83. The Morgan fingerprint density at radius 3 is 2.46 bits per heavy atom. The Morgan fingerprint density at radius 2 is 1.96 bits per heavy atom. The van der Waals surface area contributed by atoms with E-state index in [4.69, 9.17) is 5.26 Å².